The van der Waals surface area contributed by atoms with Crippen LogP contribution >= 0.6 is 11.8 Å². The van der Waals surface area contributed by atoms with E-state index < -0.39 is 0 Å². The normalized spacial score (nSPS) is 12.7. The summed E-state index contributed by atoms with van der Waals surface area (Å²) in [5.41, 5.74) is 1.61. The fraction of sp³-hybridized carbons (Fsp3) is 0.238. The third-order valence-corrected chi connectivity index (χ3v) is 5.37. The maximum atomic E-state index is 11.9. The minimum Gasteiger partial charge on any atom is -0.438 e. The Morgan fingerprint density at radius 3 is 3.03 bits per heavy atom. The first-order valence-corrected chi connectivity index (χ1v) is 10.6. The first kappa shape index (κ1) is 20.0. The molecule has 0 bridgehead atoms. The van der Waals surface area contributed by atoms with Crippen LogP contribution in [0.15, 0.2) is 53.6 Å². The van der Waals surface area contributed by atoms with Gasteiger partial charge in [-0.05, 0) is 24.6 Å². The van der Waals surface area contributed by atoms with Crippen molar-refractivity contribution in [2.75, 3.05) is 16.4 Å². The Balaban J connectivity index is 1.56. The fourth-order valence-electron chi connectivity index (χ4n) is 2.92. The number of thioether (sulfide) groups is 1. The molecular formula is C21H22N6O2S. The van der Waals surface area contributed by atoms with Crippen LogP contribution in [0.25, 0.3) is 0 Å². The number of aromatic nitrogens is 4. The smallest absolute Gasteiger partial charge is 0.248 e. The lowest BCUT2D eigenvalue weighted by Crippen LogP contribution is -2.07. The topological polar surface area (TPSA) is 94.0 Å². The summed E-state index contributed by atoms with van der Waals surface area (Å²) in [6, 6.07) is 9.11. The van der Waals surface area contributed by atoms with Gasteiger partial charge in [0.25, 0.3) is 0 Å². The van der Waals surface area contributed by atoms with Crippen molar-refractivity contribution in [1.82, 2.24) is 19.7 Å². The quantitative estimate of drug-likeness (QED) is 0.548. The Labute approximate surface area is 178 Å². The molecule has 4 rings (SSSR count). The van der Waals surface area contributed by atoms with Gasteiger partial charge >= 0.3 is 0 Å². The number of rotatable bonds is 7. The fourth-order valence-corrected chi connectivity index (χ4v) is 3.94. The van der Waals surface area contributed by atoms with E-state index in [0.29, 0.717) is 29.1 Å². The number of benzene rings is 1. The van der Waals surface area contributed by atoms with Gasteiger partial charge in [0.15, 0.2) is 5.82 Å². The third-order valence-electron chi connectivity index (χ3n) is 4.26. The first-order valence-electron chi connectivity index (χ1n) is 9.66. The molecule has 154 valence electrons. The maximum absolute atomic E-state index is 11.9. The summed E-state index contributed by atoms with van der Waals surface area (Å²) in [5.74, 6) is 2.96. The molecule has 30 heavy (non-hydrogen) atoms. The molecule has 0 saturated carbocycles. The SMILES string of the molecule is CC/C=C/C(=O)Nc1cccc(Oc2nc(Nc3ccn(C)n3)nc3c2SCC3)c1. The molecule has 8 nitrogen and oxygen atoms in total. The standard InChI is InChI=1S/C21H22N6O2S/c1-3-4-8-18(28)22-14-6-5-7-15(13-14)29-20-19-16(10-12-30-19)23-21(25-20)24-17-9-11-27(2)26-17/h4-9,11,13H,3,10,12H2,1-2H3,(H,22,28)(H,23,24,25,26)/b8-4+. The molecule has 3 aromatic rings. The van der Waals surface area contributed by atoms with Gasteiger partial charge in [-0.3, -0.25) is 9.48 Å². The molecule has 0 saturated heterocycles. The second-order valence-corrected chi connectivity index (χ2v) is 7.76. The Morgan fingerprint density at radius 1 is 1.33 bits per heavy atom. The molecule has 0 atom stereocenters. The van der Waals surface area contributed by atoms with Crippen LogP contribution in [0.2, 0.25) is 0 Å². The van der Waals surface area contributed by atoms with Crippen LogP contribution in [0.3, 0.4) is 0 Å². The molecule has 0 radical (unpaired) electrons. The van der Waals surface area contributed by atoms with Crippen molar-refractivity contribution in [3.05, 3.63) is 54.4 Å². The molecule has 0 fully saturated rings. The number of allylic oxidation sites excluding steroid dienone is 1. The van der Waals surface area contributed by atoms with Crippen molar-refractivity contribution in [3.63, 3.8) is 0 Å². The zero-order chi connectivity index (χ0) is 20.9. The number of anilines is 3. The second-order valence-electron chi connectivity index (χ2n) is 6.66. The van der Waals surface area contributed by atoms with Crippen LogP contribution in [-0.4, -0.2) is 31.4 Å². The average Bonchev–Trinajstić information content (AvgIpc) is 3.35. The number of ether oxygens (including phenoxy) is 1. The van der Waals surface area contributed by atoms with Crippen LogP contribution in [0.5, 0.6) is 11.6 Å². The van der Waals surface area contributed by atoms with Crippen LogP contribution in [0.1, 0.15) is 19.0 Å². The highest BCUT2D eigenvalue weighted by atomic mass is 32.2. The van der Waals surface area contributed by atoms with Crippen molar-refractivity contribution in [1.29, 1.82) is 0 Å². The van der Waals surface area contributed by atoms with E-state index in [1.54, 1.807) is 22.5 Å². The first-order chi connectivity index (χ1) is 14.6. The van der Waals surface area contributed by atoms with E-state index in [1.807, 2.05) is 50.5 Å². The summed E-state index contributed by atoms with van der Waals surface area (Å²) in [7, 11) is 1.85. The van der Waals surface area contributed by atoms with Gasteiger partial charge in [0.1, 0.15) is 5.75 Å². The molecule has 1 aliphatic heterocycles. The zero-order valence-electron chi connectivity index (χ0n) is 16.8. The van der Waals surface area contributed by atoms with Gasteiger partial charge in [0, 0.05) is 43.2 Å². The van der Waals surface area contributed by atoms with Crippen LogP contribution in [-0.2, 0) is 18.3 Å². The monoisotopic (exact) mass is 422 g/mol. The molecule has 0 spiro atoms. The number of hydrogen-bond acceptors (Lipinski definition) is 7. The van der Waals surface area contributed by atoms with Crippen LogP contribution < -0.4 is 15.4 Å². The summed E-state index contributed by atoms with van der Waals surface area (Å²) in [4.78, 5) is 22.1. The van der Waals surface area contributed by atoms with Crippen LogP contribution in [0, 0.1) is 0 Å². The predicted octanol–water partition coefficient (Wildman–Crippen LogP) is 4.30. The summed E-state index contributed by atoms with van der Waals surface area (Å²) < 4.78 is 7.81. The molecule has 0 unspecified atom stereocenters. The lowest BCUT2D eigenvalue weighted by molar-refractivity contribution is -0.111. The molecule has 1 aliphatic rings. The molecular weight excluding hydrogens is 400 g/mol. The van der Waals surface area contributed by atoms with Crippen molar-refractivity contribution in [3.8, 4) is 11.6 Å². The second kappa shape index (κ2) is 9.00. The van der Waals surface area contributed by atoms with E-state index >= 15 is 0 Å². The number of nitrogens with one attached hydrogen (secondary N) is 2. The lowest BCUT2D eigenvalue weighted by atomic mass is 10.3. The van der Waals surface area contributed by atoms with E-state index in [9.17, 15) is 4.79 Å². The van der Waals surface area contributed by atoms with Crippen molar-refractivity contribution in [2.24, 2.45) is 7.05 Å². The van der Waals surface area contributed by atoms with E-state index in [0.717, 1.165) is 29.2 Å². The summed E-state index contributed by atoms with van der Waals surface area (Å²) in [5, 5.41) is 10.3. The summed E-state index contributed by atoms with van der Waals surface area (Å²) in [6.07, 6.45) is 6.85. The largest absolute Gasteiger partial charge is 0.438 e. The number of nitrogens with zero attached hydrogens (tertiary/aromatic N) is 4. The third kappa shape index (κ3) is 4.80. The molecule has 2 N–H and O–H groups in total. The number of amides is 1. The summed E-state index contributed by atoms with van der Waals surface area (Å²) in [6.45, 7) is 1.98. The molecule has 2 aromatic heterocycles. The highest BCUT2D eigenvalue weighted by molar-refractivity contribution is 7.99. The van der Waals surface area contributed by atoms with Gasteiger partial charge in [0.2, 0.25) is 17.7 Å². The molecule has 1 amide bonds. The van der Waals surface area contributed by atoms with Gasteiger partial charge in [-0.2, -0.15) is 10.1 Å². The van der Waals surface area contributed by atoms with E-state index in [2.05, 4.69) is 25.7 Å². The van der Waals surface area contributed by atoms with E-state index in [4.69, 9.17) is 4.74 Å². The average molecular weight is 423 g/mol. The number of carbonyl (C=O) groups excluding carboxylic acids is 1. The Hall–Kier alpha value is -3.33. The highest BCUT2D eigenvalue weighted by Gasteiger charge is 2.22. The summed E-state index contributed by atoms with van der Waals surface area (Å²) >= 11 is 1.68. The lowest BCUT2D eigenvalue weighted by Gasteiger charge is -2.12. The van der Waals surface area contributed by atoms with Crippen molar-refractivity contribution < 1.29 is 9.53 Å². The van der Waals surface area contributed by atoms with Crippen molar-refractivity contribution in [2.45, 2.75) is 24.7 Å². The molecule has 0 aliphatic carbocycles. The van der Waals surface area contributed by atoms with E-state index in [1.165, 1.54) is 6.08 Å². The van der Waals surface area contributed by atoms with Gasteiger partial charge < -0.3 is 15.4 Å². The minimum absolute atomic E-state index is 0.172. The number of aryl methyl sites for hydroxylation is 2. The van der Waals surface area contributed by atoms with Gasteiger partial charge in [-0.25, -0.2) is 4.98 Å². The zero-order valence-corrected chi connectivity index (χ0v) is 17.6. The maximum Gasteiger partial charge on any atom is 0.248 e. The Morgan fingerprint density at radius 2 is 2.23 bits per heavy atom. The number of fused-ring (bicyclic) bond motifs is 1. The minimum atomic E-state index is -0.172. The van der Waals surface area contributed by atoms with Gasteiger partial charge in [0.05, 0.1) is 10.6 Å². The van der Waals surface area contributed by atoms with Crippen LogP contribution in [0.4, 0.5) is 17.5 Å². The number of carbonyl (C=O) groups is 1. The van der Waals surface area contributed by atoms with E-state index in [-0.39, 0.29) is 5.91 Å². The predicted molar refractivity (Wildman–Crippen MR) is 118 cm³/mol. The highest BCUT2D eigenvalue weighted by Crippen LogP contribution is 2.39. The molecule has 1 aromatic carbocycles. The van der Waals surface area contributed by atoms with Gasteiger partial charge in [-0.1, -0.05) is 19.1 Å². The number of hydrogen-bond donors (Lipinski definition) is 2. The Bertz CT molecular complexity index is 1090. The molecule has 9 heteroatoms. The van der Waals surface area contributed by atoms with Gasteiger partial charge in [-0.15, -0.1) is 11.8 Å². The molecule has 3 heterocycles. The van der Waals surface area contributed by atoms with Crippen molar-refractivity contribution >= 4 is 35.1 Å². The Kier molecular flexibility index (Phi) is 5.99.